The highest BCUT2D eigenvalue weighted by atomic mass is 35.5. The lowest BCUT2D eigenvalue weighted by Crippen LogP contribution is -2.13. The van der Waals surface area contributed by atoms with Crippen LogP contribution in [-0.2, 0) is 4.79 Å². The number of aryl methyl sites for hydroxylation is 6. The van der Waals surface area contributed by atoms with Gasteiger partial charge in [-0.1, -0.05) is 65.7 Å². The third-order valence-electron chi connectivity index (χ3n) is 11.6. The number of aromatic nitrogens is 4. The Hall–Kier alpha value is -7.36. The number of carbonyl (C=O) groups excluding carboxylic acids is 1. The van der Waals surface area contributed by atoms with Gasteiger partial charge in [-0.15, -0.1) is 11.6 Å². The molecule has 306 valence electrons. The molecule has 10 heteroatoms. The van der Waals surface area contributed by atoms with Crippen molar-refractivity contribution in [3.05, 3.63) is 163 Å². The summed E-state index contributed by atoms with van der Waals surface area (Å²) in [6.07, 6.45) is 7.98. The minimum atomic E-state index is -0.342. The first kappa shape index (κ1) is 40.1. The Morgan fingerprint density at radius 1 is 0.565 bits per heavy atom. The Balaban J connectivity index is 1.52. The number of hydrogen-bond acceptors (Lipinski definition) is 5. The lowest BCUT2D eigenvalue weighted by atomic mass is 9.92. The van der Waals surface area contributed by atoms with Gasteiger partial charge in [0.25, 0.3) is 5.69 Å². The number of amides is 1. The van der Waals surface area contributed by atoms with Gasteiger partial charge in [0.05, 0.1) is 33.3 Å². The molecule has 3 aromatic heterocycles. The molecule has 9 nitrogen and oxygen atoms in total. The molecule has 0 unspecified atom stereocenters. The van der Waals surface area contributed by atoms with Crippen LogP contribution in [0.15, 0.2) is 97.1 Å². The number of rotatable bonds is 7. The van der Waals surface area contributed by atoms with Gasteiger partial charge in [0.15, 0.2) is 0 Å². The normalized spacial score (nSPS) is 11.9. The Morgan fingerprint density at radius 3 is 1.40 bits per heavy atom. The van der Waals surface area contributed by atoms with Crippen LogP contribution in [0.1, 0.15) is 56.2 Å². The van der Waals surface area contributed by atoms with Crippen LogP contribution in [0.5, 0.6) is 0 Å². The van der Waals surface area contributed by atoms with Crippen molar-refractivity contribution in [2.75, 3.05) is 11.2 Å². The minimum Gasteiger partial charge on any atom is -0.354 e. The topological polar surface area (TPSA) is 130 Å². The third kappa shape index (κ3) is 7.10. The number of halogens is 1. The largest absolute Gasteiger partial charge is 0.354 e. The molecule has 0 radical (unpaired) electrons. The summed E-state index contributed by atoms with van der Waals surface area (Å²) in [5.74, 6) is -0.518. The fourth-order valence-electron chi connectivity index (χ4n) is 9.29. The van der Waals surface area contributed by atoms with E-state index in [9.17, 15) is 14.9 Å². The number of para-hydroxylation sites is 2. The number of fused-ring (bicyclic) bond motifs is 8. The molecule has 2 aliphatic rings. The van der Waals surface area contributed by atoms with E-state index in [0.717, 1.165) is 89.0 Å². The fourth-order valence-corrected chi connectivity index (χ4v) is 9.35. The summed E-state index contributed by atoms with van der Waals surface area (Å²) in [5, 5.41) is 15.7. The van der Waals surface area contributed by atoms with E-state index in [2.05, 4.69) is 87.2 Å². The van der Waals surface area contributed by atoms with Crippen LogP contribution in [0.2, 0.25) is 0 Å². The highest BCUT2D eigenvalue weighted by molar-refractivity contribution is 6.29. The van der Waals surface area contributed by atoms with Gasteiger partial charge in [0.1, 0.15) is 5.88 Å². The fraction of sp³-hybridized carbons (Fsp3) is 0.135. The molecule has 62 heavy (non-hydrogen) atoms. The van der Waals surface area contributed by atoms with Crippen molar-refractivity contribution in [2.24, 2.45) is 0 Å². The van der Waals surface area contributed by atoms with Gasteiger partial charge in [0, 0.05) is 61.6 Å². The van der Waals surface area contributed by atoms with E-state index in [0.29, 0.717) is 39.4 Å². The Labute approximate surface area is 364 Å². The summed E-state index contributed by atoms with van der Waals surface area (Å²) >= 11 is 6.03. The molecular formula is C52H43ClN6O3. The number of hydrogen-bond donors (Lipinski definition) is 3. The van der Waals surface area contributed by atoms with E-state index >= 15 is 0 Å². The Kier molecular flexibility index (Phi) is 10.3. The van der Waals surface area contributed by atoms with Gasteiger partial charge in [0.2, 0.25) is 5.91 Å². The first-order chi connectivity index (χ1) is 29.9. The second-order valence-electron chi connectivity index (χ2n) is 16.1. The summed E-state index contributed by atoms with van der Waals surface area (Å²) in [6.45, 7) is 12.6. The number of H-pyrrole nitrogens is 2. The SMILES string of the molecule is Cc1cc(C)c(-c2c3nc(c(-c4ccccc4[N+](=O)[O-])c4ccc([nH]4)c(-c4c(C)cc(C)cc4C)c4nc(c(-c5ccccc5NC(=O)CCl)c5ccc2[nH]5)C=C4)C=C3)c(C)c1. The number of benzene rings is 4. The standard InChI is InChI=1S/C52H43ClN6O3/c1-28-23-30(3)47(31(4)24-28)51-41-19-15-37(54-41)49(34-11-7-9-13-36(34)58-46(60)27-53)38-16-20-42(55-38)52(48-32(5)25-29(2)26-33(48)6)44-22-18-40(57-44)50(39-17-21-43(51)56-39)35-12-8-10-14-45(35)59(61)62/h7-26,54,57H,27H2,1-6H3,(H,58,60). The first-order valence-electron chi connectivity index (χ1n) is 20.4. The predicted molar refractivity (Wildman–Crippen MR) is 255 cm³/mol. The van der Waals surface area contributed by atoms with Crippen molar-refractivity contribution in [2.45, 2.75) is 41.5 Å². The maximum atomic E-state index is 12.8. The van der Waals surface area contributed by atoms with Gasteiger partial charge in [-0.25, -0.2) is 9.97 Å². The third-order valence-corrected chi connectivity index (χ3v) is 11.8. The van der Waals surface area contributed by atoms with Gasteiger partial charge < -0.3 is 15.3 Å². The van der Waals surface area contributed by atoms with Gasteiger partial charge in [-0.2, -0.15) is 0 Å². The number of anilines is 1. The van der Waals surface area contributed by atoms with Crippen LogP contribution in [0, 0.1) is 51.7 Å². The quantitative estimate of drug-likeness (QED) is 0.0836. The maximum Gasteiger partial charge on any atom is 0.277 e. The Morgan fingerprint density at radius 2 is 0.952 bits per heavy atom. The molecule has 0 atom stereocenters. The zero-order chi connectivity index (χ0) is 43.4. The molecule has 3 N–H and O–H groups in total. The maximum absolute atomic E-state index is 12.8. The first-order valence-corrected chi connectivity index (χ1v) is 20.9. The molecule has 2 aliphatic heterocycles. The lowest BCUT2D eigenvalue weighted by Gasteiger charge is -2.14. The van der Waals surface area contributed by atoms with Crippen molar-refractivity contribution in [3.63, 3.8) is 0 Å². The van der Waals surface area contributed by atoms with Gasteiger partial charge in [-0.3, -0.25) is 14.9 Å². The lowest BCUT2D eigenvalue weighted by molar-refractivity contribution is -0.384. The zero-order valence-corrected chi connectivity index (χ0v) is 36.0. The average Bonchev–Trinajstić information content (AvgIpc) is 4.08. The molecule has 0 saturated heterocycles. The summed E-state index contributed by atoms with van der Waals surface area (Å²) in [7, 11) is 0. The van der Waals surface area contributed by atoms with E-state index in [1.807, 2.05) is 72.8 Å². The van der Waals surface area contributed by atoms with E-state index in [1.165, 1.54) is 6.07 Å². The molecule has 0 fully saturated rings. The number of aromatic amines is 2. The number of nitro benzene ring substituents is 1. The molecule has 9 rings (SSSR count). The smallest absolute Gasteiger partial charge is 0.277 e. The molecule has 0 aliphatic carbocycles. The summed E-state index contributed by atoms with van der Waals surface area (Å²) in [6, 6.07) is 31.3. The van der Waals surface area contributed by atoms with E-state index in [1.54, 1.807) is 12.1 Å². The highest BCUT2D eigenvalue weighted by Crippen LogP contribution is 2.43. The molecule has 4 aromatic carbocycles. The van der Waals surface area contributed by atoms with E-state index < -0.39 is 0 Å². The number of nitrogens with zero attached hydrogens (tertiary/aromatic N) is 3. The van der Waals surface area contributed by atoms with Crippen LogP contribution >= 0.6 is 11.6 Å². The summed E-state index contributed by atoms with van der Waals surface area (Å²) in [4.78, 5) is 43.5. The van der Waals surface area contributed by atoms with E-state index in [-0.39, 0.29) is 22.4 Å². The molecule has 8 bridgehead atoms. The van der Waals surface area contributed by atoms with E-state index in [4.69, 9.17) is 21.6 Å². The second kappa shape index (κ2) is 15.9. The predicted octanol–water partition coefficient (Wildman–Crippen LogP) is 13.3. The molecule has 0 spiro atoms. The number of carbonyl (C=O) groups is 1. The van der Waals surface area contributed by atoms with Crippen LogP contribution in [-0.4, -0.2) is 36.6 Å². The van der Waals surface area contributed by atoms with Crippen molar-refractivity contribution >= 4 is 75.3 Å². The van der Waals surface area contributed by atoms with Gasteiger partial charge >= 0.3 is 0 Å². The second-order valence-corrected chi connectivity index (χ2v) is 16.3. The zero-order valence-electron chi connectivity index (χ0n) is 35.2. The summed E-state index contributed by atoms with van der Waals surface area (Å²) < 4.78 is 0. The number of alkyl halides is 1. The molecule has 5 heterocycles. The van der Waals surface area contributed by atoms with Crippen LogP contribution in [0.4, 0.5) is 11.4 Å². The molecule has 0 saturated carbocycles. The molecule has 7 aromatic rings. The number of nitro groups is 1. The van der Waals surface area contributed by atoms with Crippen molar-refractivity contribution < 1.29 is 9.72 Å². The monoisotopic (exact) mass is 834 g/mol. The van der Waals surface area contributed by atoms with Gasteiger partial charge in [-0.05, 0) is 136 Å². The average molecular weight is 835 g/mol. The van der Waals surface area contributed by atoms with Crippen molar-refractivity contribution in [1.82, 2.24) is 19.9 Å². The van der Waals surface area contributed by atoms with Crippen LogP contribution in [0.25, 0.3) is 90.9 Å². The van der Waals surface area contributed by atoms with Crippen molar-refractivity contribution in [1.29, 1.82) is 0 Å². The van der Waals surface area contributed by atoms with Crippen molar-refractivity contribution in [3.8, 4) is 44.5 Å². The Bertz CT molecular complexity index is 3180. The summed E-state index contributed by atoms with van der Waals surface area (Å²) in [5.41, 5.74) is 19.3. The van der Waals surface area contributed by atoms with Crippen LogP contribution in [0.3, 0.4) is 0 Å². The molecular weight excluding hydrogens is 792 g/mol. The minimum absolute atomic E-state index is 0.0246. The van der Waals surface area contributed by atoms with Crippen LogP contribution < -0.4 is 5.32 Å². The molecule has 1 amide bonds. The number of nitrogens with one attached hydrogen (secondary N) is 3. The highest BCUT2D eigenvalue weighted by Gasteiger charge is 2.24.